The molecule has 0 spiro atoms. The van der Waals surface area contributed by atoms with Gasteiger partial charge in [-0.2, -0.15) is 16.8 Å². The zero-order valence-corrected chi connectivity index (χ0v) is 37.8. The van der Waals surface area contributed by atoms with Gasteiger partial charge in [0.05, 0.1) is 30.7 Å². The number of aliphatic hydroxyl groups is 5. The van der Waals surface area contributed by atoms with Crippen LogP contribution in [0.5, 0.6) is 0 Å². The first-order chi connectivity index (χ1) is 29.9. The van der Waals surface area contributed by atoms with E-state index in [2.05, 4.69) is 10.6 Å². The molecule has 4 aliphatic rings. The van der Waals surface area contributed by atoms with Gasteiger partial charge in [-0.25, -0.2) is 4.79 Å². The van der Waals surface area contributed by atoms with Crippen LogP contribution < -0.4 is 10.6 Å². The van der Waals surface area contributed by atoms with Gasteiger partial charge in [0, 0.05) is 32.2 Å². The van der Waals surface area contributed by atoms with Crippen LogP contribution in [0.4, 0.5) is 0 Å². The Morgan fingerprint density at radius 3 is 2.11 bits per heavy atom. The zero-order valence-electron chi connectivity index (χ0n) is 36.1. The number of nitrogens with one attached hydrogen (secondary N) is 2. The molecule has 0 aromatic carbocycles. The lowest BCUT2D eigenvalue weighted by atomic mass is 9.74. The molecular weight excluding hydrogens is 897 g/mol. The first kappa shape index (κ1) is 54.1. The number of carbonyl (C=O) groups excluding carboxylic acids is 3. The lowest BCUT2D eigenvalue weighted by Crippen LogP contribution is -2.67. The van der Waals surface area contributed by atoms with Crippen LogP contribution in [0.25, 0.3) is 0 Å². The normalized spacial score (nSPS) is 35.2. The Morgan fingerprint density at radius 1 is 0.859 bits per heavy atom. The molecule has 2 aliphatic carbocycles. The van der Waals surface area contributed by atoms with Gasteiger partial charge in [-0.15, -0.1) is 0 Å². The number of Topliss-reactive ketones (excluding diaryl/α,β-unsaturated/α-hetero) is 1. The smallest absolute Gasteiger partial charge is 0.332 e. The third-order valence-corrected chi connectivity index (χ3v) is 14.8. The Balaban J connectivity index is 1.59. The fourth-order valence-electron chi connectivity index (χ4n) is 9.08. The number of carbonyl (C=O) groups is 4. The Kier molecular flexibility index (Phi) is 20.3. The maximum Gasteiger partial charge on any atom is 0.332 e. The van der Waals surface area contributed by atoms with E-state index in [0.717, 1.165) is 32.1 Å². The Hall–Kier alpha value is -2.50. The van der Waals surface area contributed by atoms with Crippen molar-refractivity contribution < 1.29 is 99.4 Å². The maximum atomic E-state index is 13.9. The molecule has 2 heterocycles. The third kappa shape index (κ3) is 15.3. The molecule has 10 N–H and O–H groups in total. The molecule has 2 saturated carbocycles. The monoisotopic (exact) mass is 962 g/mol. The van der Waals surface area contributed by atoms with Gasteiger partial charge in [0.25, 0.3) is 20.2 Å². The molecule has 16 atom stereocenters. The highest BCUT2D eigenvalue weighted by molar-refractivity contribution is 7.90. The number of aliphatic hydroxyl groups excluding tert-OH is 5. The summed E-state index contributed by atoms with van der Waals surface area (Å²) in [6.45, 7) is 3.45. The predicted molar refractivity (Wildman–Crippen MR) is 219 cm³/mol. The van der Waals surface area contributed by atoms with Crippen molar-refractivity contribution in [1.29, 1.82) is 0 Å². The Bertz CT molecular complexity index is 1780. The average molecular weight is 963 g/mol. The van der Waals surface area contributed by atoms with Crippen LogP contribution in [-0.4, -0.2) is 184 Å². The number of hydrogen-bond acceptors (Lipinski definition) is 18. The number of hydrogen-bond donors (Lipinski definition) is 10. The maximum absolute atomic E-state index is 13.9. The summed E-state index contributed by atoms with van der Waals surface area (Å²) < 4.78 is 94.9. The summed E-state index contributed by atoms with van der Waals surface area (Å²) in [5.74, 6) is -5.94. The number of carboxylic acid groups (broad SMARTS) is 1. The predicted octanol–water partition coefficient (Wildman–Crippen LogP) is -1.59. The number of amides is 2. The number of aliphatic carboxylic acids is 1. The molecule has 23 nitrogen and oxygen atoms in total. The van der Waals surface area contributed by atoms with E-state index >= 15 is 0 Å². The summed E-state index contributed by atoms with van der Waals surface area (Å²) in [4.78, 5) is 51.6. The zero-order chi connectivity index (χ0) is 47.7. The second-order valence-electron chi connectivity index (χ2n) is 17.4. The van der Waals surface area contributed by atoms with Crippen LogP contribution in [-0.2, 0) is 63.1 Å². The Morgan fingerprint density at radius 2 is 1.53 bits per heavy atom. The average Bonchev–Trinajstić information content (AvgIpc) is 3.21. The van der Waals surface area contributed by atoms with Gasteiger partial charge < -0.3 is 65.0 Å². The van der Waals surface area contributed by atoms with Crippen LogP contribution in [0.1, 0.15) is 97.8 Å². The fraction of sp³-hybridized carbons (Fsp3) is 0.897. The molecule has 0 radical (unpaired) electrons. The molecule has 7 unspecified atom stereocenters. The molecule has 370 valence electrons. The summed E-state index contributed by atoms with van der Waals surface area (Å²) in [7, 11) is -9.92. The number of rotatable bonds is 22. The molecule has 2 aliphatic heterocycles. The van der Waals surface area contributed by atoms with Crippen molar-refractivity contribution in [2.24, 2.45) is 17.8 Å². The summed E-state index contributed by atoms with van der Waals surface area (Å²) in [6.07, 6.45) is -13.3. The van der Waals surface area contributed by atoms with Gasteiger partial charge in [-0.1, -0.05) is 45.4 Å². The topological polar surface area (TPSA) is 369 Å². The third-order valence-electron chi connectivity index (χ3n) is 12.6. The van der Waals surface area contributed by atoms with Gasteiger partial charge in [0.2, 0.25) is 11.8 Å². The molecule has 64 heavy (non-hydrogen) atoms. The molecule has 0 aromatic heterocycles. The van der Waals surface area contributed by atoms with Crippen molar-refractivity contribution in [3.63, 3.8) is 0 Å². The van der Waals surface area contributed by atoms with Gasteiger partial charge in [-0.3, -0.25) is 23.5 Å². The van der Waals surface area contributed by atoms with Crippen molar-refractivity contribution in [2.45, 2.75) is 183 Å². The second-order valence-corrected chi connectivity index (χ2v) is 20.6. The highest BCUT2D eigenvalue weighted by Gasteiger charge is 2.53. The summed E-state index contributed by atoms with van der Waals surface area (Å²) in [5.41, 5.74) is 0. The van der Waals surface area contributed by atoms with Gasteiger partial charge in [0.1, 0.15) is 53.7 Å². The van der Waals surface area contributed by atoms with E-state index in [4.69, 9.17) is 28.2 Å². The molecule has 0 bridgehead atoms. The number of carboxylic acids is 1. The number of ketones is 1. The van der Waals surface area contributed by atoms with Crippen LogP contribution in [0.2, 0.25) is 0 Å². The van der Waals surface area contributed by atoms with Gasteiger partial charge >= 0.3 is 5.97 Å². The quantitative estimate of drug-likeness (QED) is 0.0432. The van der Waals surface area contributed by atoms with E-state index in [9.17, 15) is 71.2 Å². The number of ether oxygens (including phenoxy) is 5. The van der Waals surface area contributed by atoms with Crippen molar-refractivity contribution in [3.8, 4) is 0 Å². The van der Waals surface area contributed by atoms with E-state index in [1.54, 1.807) is 6.92 Å². The minimum Gasteiger partial charge on any atom is -0.479 e. The largest absolute Gasteiger partial charge is 0.479 e. The van der Waals surface area contributed by atoms with Crippen LogP contribution in [0, 0.1) is 17.8 Å². The minimum atomic E-state index is -5.04. The van der Waals surface area contributed by atoms with E-state index in [1.165, 1.54) is 13.8 Å². The van der Waals surface area contributed by atoms with Crippen molar-refractivity contribution in [1.82, 2.24) is 10.6 Å². The first-order valence-electron chi connectivity index (χ1n) is 21.7. The lowest BCUT2D eigenvalue weighted by Gasteiger charge is -2.49. The van der Waals surface area contributed by atoms with Gasteiger partial charge in [-0.05, 0) is 44.4 Å². The summed E-state index contributed by atoms with van der Waals surface area (Å²) >= 11 is 0. The molecule has 4 rings (SSSR count). The first-order valence-corrected chi connectivity index (χ1v) is 24.9. The molecule has 4 fully saturated rings. The van der Waals surface area contributed by atoms with Crippen LogP contribution >= 0.6 is 0 Å². The van der Waals surface area contributed by atoms with Crippen LogP contribution in [0.3, 0.4) is 0 Å². The van der Waals surface area contributed by atoms with E-state index in [-0.39, 0.29) is 50.4 Å². The Labute approximate surface area is 372 Å². The van der Waals surface area contributed by atoms with Crippen molar-refractivity contribution in [3.05, 3.63) is 0 Å². The fourth-order valence-corrected chi connectivity index (χ4v) is 11.2. The molecule has 2 saturated heterocycles. The lowest BCUT2D eigenvalue weighted by molar-refractivity contribution is -0.338. The van der Waals surface area contributed by atoms with E-state index < -0.39 is 154 Å². The molecule has 25 heteroatoms. The SMILES string of the molecule is CCC1CC(C(=O)CCCNC(=O)CC(CS(=O)(=O)O)S(=O)(=O)O)C[C@@H](O[C@@H]2O[C@@H](CO)[C@H](O)C(O[C@@H](CC3CCCCC3)C(=O)O)C2NC(C)=O)[C@@H]1O[C@@H]1OC(C)[C@@H](O)[C@H](O)C1O. The van der Waals surface area contributed by atoms with E-state index in [1.807, 2.05) is 0 Å². The highest BCUT2D eigenvalue weighted by atomic mass is 32.2. The molecule has 2 amide bonds. The van der Waals surface area contributed by atoms with Crippen molar-refractivity contribution in [2.75, 3.05) is 18.9 Å². The molecule has 0 aromatic rings. The minimum absolute atomic E-state index is 0.0232. The standard InChI is InChI=1S/C39H66N2O21S2/c1-4-22-14-23(25(44)11-8-12-40-29(45)16-24(64(55,56)57)18-63(52,53)54)15-26(35(22)62-39-34(49)33(48)31(46)19(2)58-39)60-38-30(41-20(3)43)36(32(47)28(17-42)61-38)59-27(37(50)51)13-21-9-6-5-7-10-21/h19,21-24,26-28,30-36,38-39,42,46-49H,4-18H2,1-3H3,(H,40,45)(H,41,43)(H,50,51)(H,52,53,54)(H,55,56,57)/t19?,22?,23?,24?,26-,27+,28+,30?,31-,32+,33+,34?,35-,36?,38-,39+/m1/s1. The van der Waals surface area contributed by atoms with E-state index in [0.29, 0.717) is 6.42 Å². The summed E-state index contributed by atoms with van der Waals surface area (Å²) in [6, 6.07) is -1.39. The second kappa shape index (κ2) is 24.0. The van der Waals surface area contributed by atoms with Gasteiger partial charge in [0.15, 0.2) is 18.7 Å². The summed E-state index contributed by atoms with van der Waals surface area (Å²) in [5, 5.41) is 66.7. The van der Waals surface area contributed by atoms with Crippen LogP contribution in [0.15, 0.2) is 0 Å². The van der Waals surface area contributed by atoms with Crippen molar-refractivity contribution >= 4 is 43.8 Å². The molecular formula is C39H66N2O21S2. The highest BCUT2D eigenvalue weighted by Crippen LogP contribution is 2.40.